The molecule has 4 aromatic rings. The van der Waals surface area contributed by atoms with Gasteiger partial charge in [-0.05, 0) is 71.9 Å². The molecule has 12 heteroatoms. The van der Waals surface area contributed by atoms with E-state index in [-0.39, 0.29) is 24.9 Å². The lowest BCUT2D eigenvalue weighted by Gasteiger charge is -2.32. The van der Waals surface area contributed by atoms with E-state index in [2.05, 4.69) is 4.98 Å². The van der Waals surface area contributed by atoms with E-state index < -0.39 is 35.0 Å². The first-order valence-electron chi connectivity index (χ1n) is 15.3. The van der Waals surface area contributed by atoms with E-state index in [0.29, 0.717) is 32.3 Å². The summed E-state index contributed by atoms with van der Waals surface area (Å²) in [5.41, 5.74) is -0.635. The molecule has 0 radical (unpaired) electrons. The summed E-state index contributed by atoms with van der Waals surface area (Å²) >= 11 is 1.25. The molecule has 2 saturated heterocycles. The van der Waals surface area contributed by atoms with Gasteiger partial charge in [-0.3, -0.25) is 9.36 Å². The first-order valence-corrected chi connectivity index (χ1v) is 16.1. The summed E-state index contributed by atoms with van der Waals surface area (Å²) in [5, 5.41) is 0.311. The molecule has 45 heavy (non-hydrogen) atoms. The van der Waals surface area contributed by atoms with Gasteiger partial charge in [0.05, 0.1) is 48.4 Å². The van der Waals surface area contributed by atoms with Crippen LogP contribution in [-0.2, 0) is 25.5 Å². The Morgan fingerprint density at radius 3 is 2.51 bits per heavy atom. The van der Waals surface area contributed by atoms with Gasteiger partial charge in [0.15, 0.2) is 0 Å². The van der Waals surface area contributed by atoms with Crippen LogP contribution in [0.2, 0.25) is 0 Å². The molecule has 5 atom stereocenters. The van der Waals surface area contributed by atoms with Gasteiger partial charge in [-0.25, -0.2) is 19.1 Å². The second kappa shape index (κ2) is 12.2. The predicted molar refractivity (Wildman–Crippen MR) is 169 cm³/mol. The lowest BCUT2D eigenvalue weighted by atomic mass is 10.0. The van der Waals surface area contributed by atoms with Crippen molar-refractivity contribution in [1.82, 2.24) is 14.1 Å². The Morgan fingerprint density at radius 2 is 1.87 bits per heavy atom. The van der Waals surface area contributed by atoms with E-state index >= 15 is 0 Å². The fourth-order valence-corrected chi connectivity index (χ4v) is 7.61. The van der Waals surface area contributed by atoms with Crippen LogP contribution in [0.4, 0.5) is 0 Å². The van der Waals surface area contributed by atoms with Crippen LogP contribution in [0.5, 0.6) is 5.75 Å². The van der Waals surface area contributed by atoms with Gasteiger partial charge < -0.3 is 23.4 Å². The molecular weight excluding hydrogens is 598 g/mol. The lowest BCUT2D eigenvalue weighted by molar-refractivity contribution is -0.158. The van der Waals surface area contributed by atoms with Gasteiger partial charge in [-0.15, -0.1) is 11.3 Å². The number of aromatic nitrogens is 3. The van der Waals surface area contributed by atoms with Crippen molar-refractivity contribution < 1.29 is 28.2 Å². The second-order valence-corrected chi connectivity index (χ2v) is 13.8. The number of oxazole rings is 1. The number of benzene rings is 1. The van der Waals surface area contributed by atoms with Gasteiger partial charge in [0.1, 0.15) is 34.6 Å². The molecule has 0 unspecified atom stereocenters. The normalized spacial score (nSPS) is 21.2. The standard InChI is InChI=1S/C33H39N3O8S/c1-18-26-29(37)36(19(2)31(38)44-33(3,4)5)32(39)35(30(26)45-27(18)28-34-13-14-41-28)17-25(23-9-7-8-10-24(23)40-6)43-22-15-20-11-12-21(16-22)42-20/h7-10,13-14,19-22,25H,11-12,15-17H2,1-6H3/t19-,20-,21+,22-,25+/m1/s1. The fraction of sp³-hybridized carbons (Fsp3) is 0.515. The van der Waals surface area contributed by atoms with Crippen molar-refractivity contribution in [2.24, 2.45) is 0 Å². The zero-order valence-electron chi connectivity index (χ0n) is 26.4. The smallest absolute Gasteiger partial charge is 0.333 e. The van der Waals surface area contributed by atoms with E-state index in [1.54, 1.807) is 34.8 Å². The van der Waals surface area contributed by atoms with Crippen molar-refractivity contribution in [3.8, 4) is 16.5 Å². The number of methoxy groups -OCH3 is 1. The summed E-state index contributed by atoms with van der Waals surface area (Å²) in [5.74, 6) is 0.290. The number of hydrogen-bond acceptors (Lipinski definition) is 10. The number of carbonyl (C=O) groups is 1. The van der Waals surface area contributed by atoms with Crippen LogP contribution in [0.15, 0.2) is 50.7 Å². The number of fused-ring (bicyclic) bond motifs is 3. The Bertz CT molecular complexity index is 1800. The van der Waals surface area contributed by atoms with Gasteiger partial charge in [0, 0.05) is 5.56 Å². The van der Waals surface area contributed by atoms with Crippen molar-refractivity contribution in [3.05, 3.63) is 68.7 Å². The highest BCUT2D eigenvalue weighted by atomic mass is 32.1. The van der Waals surface area contributed by atoms with Crippen molar-refractivity contribution in [2.45, 2.75) is 103 Å². The molecule has 0 aliphatic carbocycles. The first-order chi connectivity index (χ1) is 21.4. The average molecular weight is 638 g/mol. The second-order valence-electron chi connectivity index (χ2n) is 12.8. The molecule has 2 aliphatic heterocycles. The molecule has 11 nitrogen and oxygen atoms in total. The summed E-state index contributed by atoms with van der Waals surface area (Å²) in [6.45, 7) is 8.59. The van der Waals surface area contributed by atoms with E-state index in [9.17, 15) is 14.4 Å². The number of rotatable bonds is 9. The molecule has 1 aromatic carbocycles. The monoisotopic (exact) mass is 637 g/mol. The van der Waals surface area contributed by atoms with Crippen LogP contribution in [0.3, 0.4) is 0 Å². The summed E-state index contributed by atoms with van der Waals surface area (Å²) in [6, 6.07) is 6.39. The van der Waals surface area contributed by atoms with E-state index in [4.69, 9.17) is 23.4 Å². The molecule has 0 spiro atoms. The number of carbonyl (C=O) groups excluding carboxylic acids is 1. The van der Waals surface area contributed by atoms with E-state index in [0.717, 1.165) is 35.8 Å². The number of nitrogens with zero attached hydrogens (tertiary/aromatic N) is 3. The van der Waals surface area contributed by atoms with Crippen LogP contribution >= 0.6 is 11.3 Å². The summed E-state index contributed by atoms with van der Waals surface area (Å²) < 4.78 is 32.3. The largest absolute Gasteiger partial charge is 0.496 e. The predicted octanol–water partition coefficient (Wildman–Crippen LogP) is 5.57. The maximum atomic E-state index is 14.4. The zero-order valence-corrected chi connectivity index (χ0v) is 27.2. The minimum absolute atomic E-state index is 0.0642. The maximum Gasteiger partial charge on any atom is 0.333 e. The first kappa shape index (κ1) is 31.3. The average Bonchev–Trinajstić information content (AvgIpc) is 3.72. The van der Waals surface area contributed by atoms with Gasteiger partial charge >= 0.3 is 11.7 Å². The number of hydrogen-bond donors (Lipinski definition) is 0. The molecule has 0 N–H and O–H groups in total. The van der Waals surface area contributed by atoms with Crippen molar-refractivity contribution in [2.75, 3.05) is 7.11 Å². The Balaban J connectivity index is 1.52. The highest BCUT2D eigenvalue weighted by molar-refractivity contribution is 7.22. The Kier molecular flexibility index (Phi) is 8.49. The zero-order chi connectivity index (χ0) is 32.0. The molecule has 0 amide bonds. The van der Waals surface area contributed by atoms with Crippen molar-refractivity contribution in [3.63, 3.8) is 0 Å². The van der Waals surface area contributed by atoms with E-state index in [1.807, 2.05) is 24.3 Å². The third kappa shape index (κ3) is 6.10. The Hall–Kier alpha value is -3.74. The van der Waals surface area contributed by atoms with Crippen molar-refractivity contribution in [1.29, 1.82) is 0 Å². The van der Waals surface area contributed by atoms with Gasteiger partial charge in [0.2, 0.25) is 5.89 Å². The quantitative estimate of drug-likeness (QED) is 0.217. The van der Waals surface area contributed by atoms with Crippen LogP contribution in [-0.4, -0.2) is 51.1 Å². The molecule has 3 aromatic heterocycles. The third-order valence-corrected chi connectivity index (χ3v) is 9.75. The topological polar surface area (TPSA) is 124 Å². The third-order valence-electron chi connectivity index (χ3n) is 8.44. The summed E-state index contributed by atoms with van der Waals surface area (Å²) in [7, 11) is 1.60. The summed E-state index contributed by atoms with van der Waals surface area (Å²) in [6.07, 6.45) is 6.14. The lowest BCUT2D eigenvalue weighted by Crippen LogP contribution is -2.45. The van der Waals surface area contributed by atoms with Crippen LogP contribution in [0.25, 0.3) is 21.0 Å². The number of para-hydroxylation sites is 1. The van der Waals surface area contributed by atoms with Gasteiger partial charge in [-0.2, -0.15) is 0 Å². The maximum absolute atomic E-state index is 14.4. The molecule has 2 aliphatic rings. The minimum Gasteiger partial charge on any atom is -0.496 e. The molecule has 6 rings (SSSR count). The minimum atomic E-state index is -1.18. The van der Waals surface area contributed by atoms with Crippen LogP contribution < -0.4 is 16.0 Å². The van der Waals surface area contributed by atoms with Crippen LogP contribution in [0, 0.1) is 6.92 Å². The molecule has 2 bridgehead atoms. The van der Waals surface area contributed by atoms with Gasteiger partial charge in [-0.1, -0.05) is 18.2 Å². The molecule has 240 valence electrons. The number of thiophene rings is 1. The summed E-state index contributed by atoms with van der Waals surface area (Å²) in [4.78, 5) is 47.1. The number of aryl methyl sites for hydroxylation is 1. The molecule has 0 saturated carbocycles. The van der Waals surface area contributed by atoms with Gasteiger partial charge in [0.25, 0.3) is 5.56 Å². The highest BCUT2D eigenvalue weighted by Crippen LogP contribution is 2.40. The molecule has 2 fully saturated rings. The van der Waals surface area contributed by atoms with E-state index in [1.165, 1.54) is 35.3 Å². The van der Waals surface area contributed by atoms with Crippen LogP contribution in [0.1, 0.15) is 76.7 Å². The highest BCUT2D eigenvalue weighted by Gasteiger charge is 2.38. The number of esters is 1. The SMILES string of the molecule is COc1ccccc1[C@H](Cn1c(=O)n([C@H](C)C(=O)OC(C)(C)C)c(=O)c2c(C)c(-c3ncco3)sc21)O[C@@H]1C[C@H]2CC[C@@H](C1)O2. The van der Waals surface area contributed by atoms with Crippen molar-refractivity contribution >= 4 is 27.5 Å². The molecular formula is C33H39N3O8S. The Labute approximate surface area is 264 Å². The Morgan fingerprint density at radius 1 is 1.16 bits per heavy atom. The fourth-order valence-electron chi connectivity index (χ4n) is 6.36. The molecule has 5 heterocycles. The number of ether oxygens (including phenoxy) is 4.